The summed E-state index contributed by atoms with van der Waals surface area (Å²) in [6, 6.07) is 2.00. The van der Waals surface area contributed by atoms with E-state index in [1.165, 1.54) is 5.56 Å². The molecule has 1 aromatic heterocycles. The van der Waals surface area contributed by atoms with Gasteiger partial charge in [0.2, 0.25) is 0 Å². The van der Waals surface area contributed by atoms with Crippen LogP contribution in [0.3, 0.4) is 0 Å². The molecule has 1 rings (SSSR count). The number of hydrogen-bond acceptors (Lipinski definition) is 2. The van der Waals surface area contributed by atoms with E-state index in [-0.39, 0.29) is 6.10 Å². The molecule has 0 amide bonds. The summed E-state index contributed by atoms with van der Waals surface area (Å²) in [7, 11) is 0. The fraction of sp³-hybridized carbons (Fsp3) is 0.500. The maximum absolute atomic E-state index is 5.57. The number of aromatic nitrogens is 1. The van der Waals surface area contributed by atoms with E-state index in [9.17, 15) is 0 Å². The quantitative estimate of drug-likeness (QED) is 0.686. The van der Waals surface area contributed by atoms with Gasteiger partial charge < -0.3 is 4.74 Å². The van der Waals surface area contributed by atoms with E-state index in [2.05, 4.69) is 11.9 Å². The smallest absolute Gasteiger partial charge is 0.141 e. The standard InChI is InChI=1S/C10H15NO/c1-4-9-5-6-11-7-10(9)12-8(2)3/h5-8H,4H2,1-3H3. The van der Waals surface area contributed by atoms with E-state index in [1.807, 2.05) is 19.9 Å². The molecule has 2 nitrogen and oxygen atoms in total. The lowest BCUT2D eigenvalue weighted by atomic mass is 10.2. The maximum atomic E-state index is 5.57. The van der Waals surface area contributed by atoms with E-state index in [1.54, 1.807) is 12.4 Å². The van der Waals surface area contributed by atoms with Gasteiger partial charge in [0.1, 0.15) is 5.75 Å². The van der Waals surface area contributed by atoms with Gasteiger partial charge in [-0.2, -0.15) is 0 Å². The highest BCUT2D eigenvalue weighted by Crippen LogP contribution is 2.17. The van der Waals surface area contributed by atoms with Gasteiger partial charge in [0, 0.05) is 6.20 Å². The highest BCUT2D eigenvalue weighted by atomic mass is 16.5. The van der Waals surface area contributed by atoms with Crippen LogP contribution in [0.1, 0.15) is 26.3 Å². The van der Waals surface area contributed by atoms with Gasteiger partial charge in [0.15, 0.2) is 0 Å². The summed E-state index contributed by atoms with van der Waals surface area (Å²) in [5.74, 6) is 0.912. The Hall–Kier alpha value is -1.05. The Bertz CT molecular complexity index is 245. The number of ether oxygens (including phenoxy) is 1. The molecule has 0 aliphatic heterocycles. The lowest BCUT2D eigenvalue weighted by molar-refractivity contribution is 0.239. The molecule has 0 bridgehead atoms. The van der Waals surface area contributed by atoms with E-state index in [4.69, 9.17) is 4.74 Å². The lowest BCUT2D eigenvalue weighted by Crippen LogP contribution is -2.07. The van der Waals surface area contributed by atoms with Crippen molar-refractivity contribution in [2.24, 2.45) is 0 Å². The van der Waals surface area contributed by atoms with Gasteiger partial charge in [-0.3, -0.25) is 4.98 Å². The molecule has 0 fully saturated rings. The van der Waals surface area contributed by atoms with Gasteiger partial charge in [0.25, 0.3) is 0 Å². The highest BCUT2D eigenvalue weighted by molar-refractivity contribution is 5.29. The third-order valence-corrected chi connectivity index (χ3v) is 1.61. The monoisotopic (exact) mass is 165 g/mol. The number of nitrogens with zero attached hydrogens (tertiary/aromatic N) is 1. The molecule has 1 heterocycles. The molecule has 0 atom stereocenters. The van der Waals surface area contributed by atoms with Crippen LogP contribution in [0.15, 0.2) is 18.5 Å². The second-order valence-corrected chi connectivity index (χ2v) is 3.00. The van der Waals surface area contributed by atoms with Crippen molar-refractivity contribution in [1.82, 2.24) is 4.98 Å². The van der Waals surface area contributed by atoms with E-state index < -0.39 is 0 Å². The Morgan fingerprint density at radius 1 is 1.50 bits per heavy atom. The SMILES string of the molecule is CCc1ccncc1OC(C)C. The number of pyridine rings is 1. The van der Waals surface area contributed by atoms with Crippen molar-refractivity contribution in [3.05, 3.63) is 24.0 Å². The predicted octanol–water partition coefficient (Wildman–Crippen LogP) is 2.43. The minimum atomic E-state index is 0.222. The number of hydrogen-bond donors (Lipinski definition) is 0. The Kier molecular flexibility index (Phi) is 3.09. The zero-order chi connectivity index (χ0) is 8.97. The Labute approximate surface area is 73.6 Å². The molecule has 66 valence electrons. The zero-order valence-electron chi connectivity index (χ0n) is 7.87. The minimum Gasteiger partial charge on any atom is -0.489 e. The fourth-order valence-electron chi connectivity index (χ4n) is 1.06. The van der Waals surface area contributed by atoms with Crippen molar-refractivity contribution in [3.8, 4) is 5.75 Å². The molecule has 0 spiro atoms. The largest absolute Gasteiger partial charge is 0.489 e. The second-order valence-electron chi connectivity index (χ2n) is 3.00. The van der Waals surface area contributed by atoms with Crippen molar-refractivity contribution in [2.75, 3.05) is 0 Å². The van der Waals surface area contributed by atoms with Crippen LogP contribution in [0.4, 0.5) is 0 Å². The molecule has 0 unspecified atom stereocenters. The number of rotatable bonds is 3. The molecule has 0 aliphatic rings. The summed E-state index contributed by atoms with van der Waals surface area (Å²) in [5.41, 5.74) is 1.22. The van der Waals surface area contributed by atoms with E-state index in [0.717, 1.165) is 12.2 Å². The number of aryl methyl sites for hydroxylation is 1. The van der Waals surface area contributed by atoms with Gasteiger partial charge in [0.05, 0.1) is 12.3 Å². The van der Waals surface area contributed by atoms with Crippen LogP contribution in [0.5, 0.6) is 5.75 Å². The average molecular weight is 165 g/mol. The van der Waals surface area contributed by atoms with Crippen molar-refractivity contribution in [3.63, 3.8) is 0 Å². The molecule has 0 saturated carbocycles. The molecule has 12 heavy (non-hydrogen) atoms. The van der Waals surface area contributed by atoms with Crippen LogP contribution in [-0.2, 0) is 6.42 Å². The molecule has 0 N–H and O–H groups in total. The van der Waals surface area contributed by atoms with Gasteiger partial charge in [-0.1, -0.05) is 6.92 Å². The van der Waals surface area contributed by atoms with Crippen molar-refractivity contribution < 1.29 is 4.74 Å². The Morgan fingerprint density at radius 3 is 2.83 bits per heavy atom. The van der Waals surface area contributed by atoms with Gasteiger partial charge >= 0.3 is 0 Å². The van der Waals surface area contributed by atoms with Crippen molar-refractivity contribution >= 4 is 0 Å². The molecular weight excluding hydrogens is 150 g/mol. The van der Waals surface area contributed by atoms with E-state index >= 15 is 0 Å². The molecule has 0 aliphatic carbocycles. The predicted molar refractivity (Wildman–Crippen MR) is 49.4 cm³/mol. The Balaban J connectivity index is 2.82. The minimum absolute atomic E-state index is 0.222. The summed E-state index contributed by atoms with van der Waals surface area (Å²) in [6.07, 6.45) is 4.79. The highest BCUT2D eigenvalue weighted by Gasteiger charge is 2.02. The molecule has 0 aromatic carbocycles. The summed E-state index contributed by atoms with van der Waals surface area (Å²) < 4.78 is 5.57. The van der Waals surface area contributed by atoms with Gasteiger partial charge in [-0.25, -0.2) is 0 Å². The first-order valence-electron chi connectivity index (χ1n) is 4.33. The molecular formula is C10H15NO. The first-order chi connectivity index (χ1) is 5.74. The molecule has 2 heteroatoms. The first kappa shape index (κ1) is 9.04. The van der Waals surface area contributed by atoms with Gasteiger partial charge in [-0.15, -0.1) is 0 Å². The molecule has 0 saturated heterocycles. The third-order valence-electron chi connectivity index (χ3n) is 1.61. The average Bonchev–Trinajstić information content (AvgIpc) is 2.04. The maximum Gasteiger partial charge on any atom is 0.141 e. The Morgan fingerprint density at radius 2 is 2.25 bits per heavy atom. The lowest BCUT2D eigenvalue weighted by Gasteiger charge is -2.11. The van der Waals surface area contributed by atoms with Crippen LogP contribution in [0, 0.1) is 0 Å². The zero-order valence-corrected chi connectivity index (χ0v) is 7.87. The normalized spacial score (nSPS) is 10.3. The van der Waals surface area contributed by atoms with Crippen LogP contribution >= 0.6 is 0 Å². The van der Waals surface area contributed by atoms with Crippen LogP contribution < -0.4 is 4.74 Å². The van der Waals surface area contributed by atoms with Gasteiger partial charge in [-0.05, 0) is 31.9 Å². The van der Waals surface area contributed by atoms with Crippen LogP contribution in [0.2, 0.25) is 0 Å². The first-order valence-corrected chi connectivity index (χ1v) is 4.33. The van der Waals surface area contributed by atoms with E-state index in [0.29, 0.717) is 0 Å². The summed E-state index contributed by atoms with van der Waals surface area (Å²) >= 11 is 0. The molecule has 0 radical (unpaired) electrons. The summed E-state index contributed by atoms with van der Waals surface area (Å²) in [6.45, 7) is 6.15. The van der Waals surface area contributed by atoms with Crippen molar-refractivity contribution in [1.29, 1.82) is 0 Å². The second kappa shape index (κ2) is 4.10. The van der Waals surface area contributed by atoms with Crippen molar-refractivity contribution in [2.45, 2.75) is 33.3 Å². The topological polar surface area (TPSA) is 22.1 Å². The summed E-state index contributed by atoms with van der Waals surface area (Å²) in [4.78, 5) is 4.02. The molecule has 1 aromatic rings. The third kappa shape index (κ3) is 2.22. The van der Waals surface area contributed by atoms with Crippen LogP contribution in [-0.4, -0.2) is 11.1 Å². The summed E-state index contributed by atoms with van der Waals surface area (Å²) in [5, 5.41) is 0. The van der Waals surface area contributed by atoms with Crippen LogP contribution in [0.25, 0.3) is 0 Å². The fourth-order valence-corrected chi connectivity index (χ4v) is 1.06.